The monoisotopic (exact) mass is 213 g/mol. The van der Waals surface area contributed by atoms with Crippen LogP contribution in [0.5, 0.6) is 0 Å². The lowest BCUT2D eigenvalue weighted by Gasteiger charge is -1.98. The van der Waals surface area contributed by atoms with E-state index in [-0.39, 0.29) is 11.4 Å². The summed E-state index contributed by atoms with van der Waals surface area (Å²) >= 11 is 5.67. The smallest absolute Gasteiger partial charge is 0.221 e. The van der Waals surface area contributed by atoms with Crippen molar-refractivity contribution in [2.24, 2.45) is 5.73 Å². The highest BCUT2D eigenvalue weighted by Crippen LogP contribution is 2.20. The first-order valence-corrected chi connectivity index (χ1v) is 4.38. The summed E-state index contributed by atoms with van der Waals surface area (Å²) in [5, 5.41) is 0.0493. The van der Waals surface area contributed by atoms with E-state index in [1.54, 1.807) is 24.3 Å². The standard InChI is InChI=1S/C10H9ClFNO/c11-10-7(3-1-5-8(10)12)4-2-6-9(13)14/h1-5H,6H2,(H2,13,14). The van der Waals surface area contributed by atoms with Crippen LogP contribution in [0.25, 0.3) is 6.08 Å². The van der Waals surface area contributed by atoms with Crippen LogP contribution in [-0.4, -0.2) is 5.91 Å². The number of benzene rings is 1. The molecule has 0 fully saturated rings. The normalized spacial score (nSPS) is 10.7. The van der Waals surface area contributed by atoms with E-state index in [1.807, 2.05) is 0 Å². The number of carbonyl (C=O) groups excluding carboxylic acids is 1. The van der Waals surface area contributed by atoms with E-state index in [9.17, 15) is 9.18 Å². The summed E-state index contributed by atoms with van der Waals surface area (Å²) in [4.78, 5) is 10.4. The summed E-state index contributed by atoms with van der Waals surface area (Å²) in [6.07, 6.45) is 3.23. The van der Waals surface area contributed by atoms with Gasteiger partial charge in [0, 0.05) is 6.42 Å². The van der Waals surface area contributed by atoms with Gasteiger partial charge in [0.15, 0.2) is 0 Å². The van der Waals surface area contributed by atoms with Crippen LogP contribution in [0, 0.1) is 5.82 Å². The minimum Gasteiger partial charge on any atom is -0.369 e. The number of halogens is 2. The van der Waals surface area contributed by atoms with E-state index in [2.05, 4.69) is 0 Å². The van der Waals surface area contributed by atoms with Gasteiger partial charge in [-0.05, 0) is 11.6 Å². The van der Waals surface area contributed by atoms with Crippen LogP contribution < -0.4 is 5.73 Å². The van der Waals surface area contributed by atoms with E-state index in [1.165, 1.54) is 6.07 Å². The fraction of sp³-hybridized carbons (Fsp3) is 0.100. The second-order valence-corrected chi connectivity index (χ2v) is 3.09. The Kier molecular flexibility index (Phi) is 3.65. The molecule has 0 unspecified atom stereocenters. The second kappa shape index (κ2) is 4.77. The van der Waals surface area contributed by atoms with Gasteiger partial charge >= 0.3 is 0 Å². The molecule has 74 valence electrons. The van der Waals surface area contributed by atoms with Crippen molar-refractivity contribution in [3.63, 3.8) is 0 Å². The maximum Gasteiger partial charge on any atom is 0.221 e. The minimum absolute atomic E-state index is 0.0493. The molecular weight excluding hydrogens is 205 g/mol. The van der Waals surface area contributed by atoms with Gasteiger partial charge in [-0.3, -0.25) is 4.79 Å². The molecule has 0 bridgehead atoms. The Morgan fingerprint density at radius 3 is 2.93 bits per heavy atom. The quantitative estimate of drug-likeness (QED) is 0.823. The first kappa shape index (κ1) is 10.7. The zero-order valence-electron chi connectivity index (χ0n) is 7.34. The summed E-state index contributed by atoms with van der Waals surface area (Å²) in [7, 11) is 0. The summed E-state index contributed by atoms with van der Waals surface area (Å²) in [5.74, 6) is -0.915. The third kappa shape index (κ3) is 2.85. The number of rotatable bonds is 3. The number of amides is 1. The van der Waals surface area contributed by atoms with Crippen molar-refractivity contribution in [2.75, 3.05) is 0 Å². The average molecular weight is 214 g/mol. The molecule has 0 aliphatic rings. The van der Waals surface area contributed by atoms with E-state index < -0.39 is 11.7 Å². The number of nitrogens with two attached hydrogens (primary N) is 1. The Hall–Kier alpha value is -1.35. The molecule has 2 N–H and O–H groups in total. The highest BCUT2D eigenvalue weighted by molar-refractivity contribution is 6.32. The van der Waals surface area contributed by atoms with Gasteiger partial charge in [-0.2, -0.15) is 0 Å². The van der Waals surface area contributed by atoms with Crippen molar-refractivity contribution in [2.45, 2.75) is 6.42 Å². The van der Waals surface area contributed by atoms with Crippen LogP contribution in [-0.2, 0) is 4.79 Å². The molecule has 1 rings (SSSR count). The maximum atomic E-state index is 12.9. The molecule has 1 aromatic carbocycles. The third-order valence-electron chi connectivity index (χ3n) is 1.60. The predicted octanol–water partition coefficient (Wildman–Crippen LogP) is 2.37. The van der Waals surface area contributed by atoms with Gasteiger partial charge in [0.2, 0.25) is 5.91 Å². The Morgan fingerprint density at radius 2 is 2.29 bits per heavy atom. The molecule has 0 aliphatic heterocycles. The molecule has 0 saturated heterocycles. The number of hydrogen-bond donors (Lipinski definition) is 1. The molecule has 0 spiro atoms. The van der Waals surface area contributed by atoms with Crippen LogP contribution >= 0.6 is 11.6 Å². The van der Waals surface area contributed by atoms with Gasteiger partial charge in [-0.15, -0.1) is 0 Å². The van der Waals surface area contributed by atoms with E-state index in [4.69, 9.17) is 17.3 Å². The lowest BCUT2D eigenvalue weighted by Crippen LogP contribution is -2.07. The Labute approximate surface area is 86.2 Å². The van der Waals surface area contributed by atoms with Gasteiger partial charge in [0.25, 0.3) is 0 Å². The third-order valence-corrected chi connectivity index (χ3v) is 2.00. The van der Waals surface area contributed by atoms with Crippen LogP contribution in [0.4, 0.5) is 4.39 Å². The highest BCUT2D eigenvalue weighted by atomic mass is 35.5. The molecule has 0 atom stereocenters. The van der Waals surface area contributed by atoms with Crippen molar-refractivity contribution >= 4 is 23.6 Å². The topological polar surface area (TPSA) is 43.1 Å². The van der Waals surface area contributed by atoms with Crippen molar-refractivity contribution in [3.8, 4) is 0 Å². The highest BCUT2D eigenvalue weighted by Gasteiger charge is 2.01. The Bertz CT molecular complexity index is 376. The first-order chi connectivity index (χ1) is 6.61. The Balaban J connectivity index is 2.81. The number of hydrogen-bond acceptors (Lipinski definition) is 1. The van der Waals surface area contributed by atoms with Crippen molar-refractivity contribution in [1.82, 2.24) is 0 Å². The minimum atomic E-state index is -0.479. The molecule has 0 aliphatic carbocycles. The summed E-state index contributed by atoms with van der Waals surface area (Å²) in [5.41, 5.74) is 5.46. The molecular formula is C10H9ClFNO. The van der Waals surface area contributed by atoms with Crippen molar-refractivity contribution in [1.29, 1.82) is 0 Å². The fourth-order valence-electron chi connectivity index (χ4n) is 0.951. The van der Waals surface area contributed by atoms with Crippen LogP contribution in [0.15, 0.2) is 24.3 Å². The molecule has 2 nitrogen and oxygen atoms in total. The van der Waals surface area contributed by atoms with Gasteiger partial charge in [-0.25, -0.2) is 4.39 Å². The lowest BCUT2D eigenvalue weighted by atomic mass is 10.2. The van der Waals surface area contributed by atoms with E-state index in [0.717, 1.165) is 0 Å². The Morgan fingerprint density at radius 1 is 1.57 bits per heavy atom. The SMILES string of the molecule is NC(=O)CC=Cc1cccc(F)c1Cl. The number of carbonyl (C=O) groups is 1. The van der Waals surface area contributed by atoms with Crippen molar-refractivity contribution < 1.29 is 9.18 Å². The van der Waals surface area contributed by atoms with Crippen LogP contribution in [0.2, 0.25) is 5.02 Å². The van der Waals surface area contributed by atoms with E-state index in [0.29, 0.717) is 5.56 Å². The molecule has 0 saturated carbocycles. The molecule has 4 heteroatoms. The predicted molar refractivity (Wildman–Crippen MR) is 54.3 cm³/mol. The lowest BCUT2D eigenvalue weighted by molar-refractivity contribution is -0.117. The van der Waals surface area contributed by atoms with Gasteiger partial charge in [-0.1, -0.05) is 35.9 Å². The molecule has 0 heterocycles. The number of primary amides is 1. The van der Waals surface area contributed by atoms with Gasteiger partial charge in [0.05, 0.1) is 5.02 Å². The van der Waals surface area contributed by atoms with Gasteiger partial charge in [0.1, 0.15) is 5.82 Å². The molecule has 1 aromatic rings. The van der Waals surface area contributed by atoms with Crippen LogP contribution in [0.3, 0.4) is 0 Å². The summed E-state index contributed by atoms with van der Waals surface area (Å²) < 4.78 is 12.9. The fourth-order valence-corrected chi connectivity index (χ4v) is 1.14. The second-order valence-electron chi connectivity index (χ2n) is 2.72. The average Bonchev–Trinajstić information content (AvgIpc) is 2.12. The summed E-state index contributed by atoms with van der Waals surface area (Å²) in [6, 6.07) is 4.47. The molecule has 0 aromatic heterocycles. The van der Waals surface area contributed by atoms with Crippen LogP contribution in [0.1, 0.15) is 12.0 Å². The zero-order valence-corrected chi connectivity index (χ0v) is 8.09. The first-order valence-electron chi connectivity index (χ1n) is 4.00. The zero-order chi connectivity index (χ0) is 10.6. The maximum absolute atomic E-state index is 12.9. The van der Waals surface area contributed by atoms with E-state index >= 15 is 0 Å². The van der Waals surface area contributed by atoms with Gasteiger partial charge < -0.3 is 5.73 Å². The summed E-state index contributed by atoms with van der Waals surface area (Å²) in [6.45, 7) is 0. The molecule has 14 heavy (non-hydrogen) atoms. The molecule has 0 radical (unpaired) electrons. The molecule has 1 amide bonds. The largest absolute Gasteiger partial charge is 0.369 e. The van der Waals surface area contributed by atoms with Crippen molar-refractivity contribution in [3.05, 3.63) is 40.7 Å².